The highest BCUT2D eigenvalue weighted by Gasteiger charge is 2.43. The molecule has 0 N–H and O–H groups in total. The van der Waals surface area contributed by atoms with Gasteiger partial charge in [-0.2, -0.15) is 0 Å². The van der Waals surface area contributed by atoms with Crippen LogP contribution in [0, 0.1) is 6.92 Å². The third-order valence-electron chi connectivity index (χ3n) is 5.27. The van der Waals surface area contributed by atoms with E-state index in [4.69, 9.17) is 16.3 Å². The fourth-order valence-corrected chi connectivity index (χ4v) is 3.90. The minimum Gasteiger partial charge on any atom is -0.497 e. The monoisotopic (exact) mass is 396 g/mol. The molecular formula is C22H21ClN2O3. The molecule has 28 heavy (non-hydrogen) atoms. The lowest BCUT2D eigenvalue weighted by atomic mass is 10.0. The van der Waals surface area contributed by atoms with Gasteiger partial charge in [-0.15, -0.1) is 0 Å². The molecule has 2 aromatic rings. The molecule has 0 spiro atoms. The fraction of sp³-hybridized carbons (Fsp3) is 0.273. The number of ether oxygens (including phenoxy) is 1. The highest BCUT2D eigenvalue weighted by atomic mass is 35.5. The van der Waals surface area contributed by atoms with Crippen molar-refractivity contribution in [2.45, 2.75) is 19.8 Å². The Kier molecular flexibility index (Phi) is 4.85. The number of likely N-dealkylation sites (tertiary alicyclic amines) is 1. The van der Waals surface area contributed by atoms with Crippen molar-refractivity contribution in [2.24, 2.45) is 0 Å². The first-order valence-corrected chi connectivity index (χ1v) is 9.67. The predicted molar refractivity (Wildman–Crippen MR) is 109 cm³/mol. The van der Waals surface area contributed by atoms with E-state index < -0.39 is 0 Å². The summed E-state index contributed by atoms with van der Waals surface area (Å²) in [7, 11) is 1.59. The number of rotatable bonds is 4. The number of hydrogen-bond donors (Lipinski definition) is 0. The van der Waals surface area contributed by atoms with Gasteiger partial charge in [-0.25, -0.2) is 4.90 Å². The Morgan fingerprint density at radius 1 is 0.964 bits per heavy atom. The second kappa shape index (κ2) is 7.32. The molecule has 0 aromatic heterocycles. The van der Waals surface area contributed by atoms with E-state index in [1.54, 1.807) is 31.4 Å². The van der Waals surface area contributed by atoms with Gasteiger partial charge < -0.3 is 9.64 Å². The summed E-state index contributed by atoms with van der Waals surface area (Å²) in [6, 6.07) is 12.5. The van der Waals surface area contributed by atoms with E-state index in [1.807, 2.05) is 30.0 Å². The number of nitrogens with zero attached hydrogens (tertiary/aromatic N) is 2. The molecule has 2 heterocycles. The van der Waals surface area contributed by atoms with E-state index in [0.29, 0.717) is 33.3 Å². The summed E-state index contributed by atoms with van der Waals surface area (Å²) in [4.78, 5) is 30.0. The molecule has 0 unspecified atom stereocenters. The lowest BCUT2D eigenvalue weighted by Crippen LogP contribution is -2.34. The maximum Gasteiger partial charge on any atom is 0.282 e. The third kappa shape index (κ3) is 3.06. The molecule has 4 rings (SSSR count). The van der Waals surface area contributed by atoms with Crippen molar-refractivity contribution in [3.8, 4) is 5.75 Å². The molecule has 2 aromatic carbocycles. The Balaban J connectivity index is 1.81. The first-order chi connectivity index (χ1) is 13.5. The smallest absolute Gasteiger partial charge is 0.282 e. The van der Waals surface area contributed by atoms with E-state index in [1.165, 1.54) is 4.90 Å². The third-order valence-corrected chi connectivity index (χ3v) is 5.68. The summed E-state index contributed by atoms with van der Waals surface area (Å²) in [5.74, 6) is 0.0839. The topological polar surface area (TPSA) is 49.9 Å². The Bertz CT molecular complexity index is 976. The quantitative estimate of drug-likeness (QED) is 0.732. The van der Waals surface area contributed by atoms with Gasteiger partial charge in [-0.3, -0.25) is 9.59 Å². The highest BCUT2D eigenvalue weighted by molar-refractivity contribution is 6.45. The SMILES string of the molecule is COc1ccc(C2=C(N3CCCC3)C(=O)N(c3ccc(C)c(Cl)c3)C2=O)cc1. The number of hydrogen-bond acceptors (Lipinski definition) is 4. The van der Waals surface area contributed by atoms with Crippen LogP contribution in [-0.2, 0) is 9.59 Å². The van der Waals surface area contributed by atoms with Gasteiger partial charge in [-0.1, -0.05) is 29.8 Å². The highest BCUT2D eigenvalue weighted by Crippen LogP contribution is 2.37. The lowest BCUT2D eigenvalue weighted by Gasteiger charge is -2.20. The van der Waals surface area contributed by atoms with Crippen molar-refractivity contribution in [3.05, 3.63) is 64.3 Å². The molecule has 5 nitrogen and oxygen atoms in total. The van der Waals surface area contributed by atoms with Crippen LogP contribution < -0.4 is 9.64 Å². The number of carbonyl (C=O) groups is 2. The molecular weight excluding hydrogens is 376 g/mol. The summed E-state index contributed by atoms with van der Waals surface area (Å²) in [5, 5.41) is 0.527. The van der Waals surface area contributed by atoms with E-state index in [0.717, 1.165) is 31.5 Å². The second-order valence-electron chi connectivity index (χ2n) is 7.03. The molecule has 144 valence electrons. The number of carbonyl (C=O) groups excluding carboxylic acids is 2. The number of imide groups is 1. The Hall–Kier alpha value is -2.79. The molecule has 2 aliphatic heterocycles. The predicted octanol–water partition coefficient (Wildman–Crippen LogP) is 4.04. The maximum absolute atomic E-state index is 13.4. The van der Waals surface area contributed by atoms with Crippen LogP contribution in [0.2, 0.25) is 5.02 Å². The summed E-state index contributed by atoms with van der Waals surface area (Å²) < 4.78 is 5.22. The number of aryl methyl sites for hydroxylation is 1. The zero-order valence-corrected chi connectivity index (χ0v) is 16.6. The molecule has 0 radical (unpaired) electrons. The van der Waals surface area contributed by atoms with Crippen LogP contribution in [0.5, 0.6) is 5.75 Å². The summed E-state index contributed by atoms with van der Waals surface area (Å²) in [5.41, 5.74) is 3.01. The van der Waals surface area contributed by atoms with E-state index >= 15 is 0 Å². The zero-order chi connectivity index (χ0) is 19.8. The van der Waals surface area contributed by atoms with Gasteiger partial charge in [-0.05, 0) is 55.2 Å². The van der Waals surface area contributed by atoms with E-state index in [-0.39, 0.29) is 11.8 Å². The van der Waals surface area contributed by atoms with Gasteiger partial charge in [0, 0.05) is 18.1 Å². The van der Waals surface area contributed by atoms with Crippen molar-refractivity contribution in [2.75, 3.05) is 25.1 Å². The first kappa shape index (κ1) is 18.6. The Morgan fingerprint density at radius 2 is 1.64 bits per heavy atom. The van der Waals surface area contributed by atoms with Crippen LogP contribution in [0.3, 0.4) is 0 Å². The number of methoxy groups -OCH3 is 1. The summed E-state index contributed by atoms with van der Waals surface area (Å²) in [6.07, 6.45) is 2.02. The van der Waals surface area contributed by atoms with Gasteiger partial charge in [0.1, 0.15) is 11.4 Å². The zero-order valence-electron chi connectivity index (χ0n) is 15.9. The van der Waals surface area contributed by atoms with Crippen molar-refractivity contribution in [1.29, 1.82) is 0 Å². The normalized spacial score (nSPS) is 17.1. The molecule has 1 fully saturated rings. The Labute approximate surface area is 169 Å². The number of anilines is 1. The lowest BCUT2D eigenvalue weighted by molar-refractivity contribution is -0.120. The summed E-state index contributed by atoms with van der Waals surface area (Å²) in [6.45, 7) is 3.43. The molecule has 2 amide bonds. The average Bonchev–Trinajstić information content (AvgIpc) is 3.30. The number of benzene rings is 2. The van der Waals surface area contributed by atoms with Crippen LogP contribution in [0.4, 0.5) is 5.69 Å². The van der Waals surface area contributed by atoms with Gasteiger partial charge >= 0.3 is 0 Å². The van der Waals surface area contributed by atoms with Crippen LogP contribution in [0.25, 0.3) is 5.57 Å². The molecule has 0 saturated carbocycles. The van der Waals surface area contributed by atoms with Crippen molar-refractivity contribution in [1.82, 2.24) is 4.90 Å². The van der Waals surface area contributed by atoms with Crippen LogP contribution in [0.15, 0.2) is 48.2 Å². The van der Waals surface area contributed by atoms with Crippen molar-refractivity contribution < 1.29 is 14.3 Å². The molecule has 0 bridgehead atoms. The molecule has 0 atom stereocenters. The van der Waals surface area contributed by atoms with E-state index in [9.17, 15) is 9.59 Å². The van der Waals surface area contributed by atoms with Crippen LogP contribution in [0.1, 0.15) is 24.0 Å². The standard InChI is InChI=1S/C22H21ClN2O3/c1-14-5-8-16(13-18(14)23)25-21(26)19(15-6-9-17(28-2)10-7-15)20(22(25)27)24-11-3-4-12-24/h5-10,13H,3-4,11-12H2,1-2H3. The first-order valence-electron chi connectivity index (χ1n) is 9.30. The maximum atomic E-state index is 13.4. The van der Waals surface area contributed by atoms with Crippen molar-refractivity contribution >= 4 is 34.7 Å². The minimum absolute atomic E-state index is 0.294. The fourth-order valence-electron chi connectivity index (χ4n) is 3.73. The van der Waals surface area contributed by atoms with Gasteiger partial charge in [0.05, 0.1) is 18.4 Å². The second-order valence-corrected chi connectivity index (χ2v) is 7.43. The Morgan fingerprint density at radius 3 is 2.25 bits per heavy atom. The molecule has 1 saturated heterocycles. The molecule has 2 aliphatic rings. The minimum atomic E-state index is -0.322. The van der Waals surface area contributed by atoms with Gasteiger partial charge in [0.2, 0.25) is 0 Å². The van der Waals surface area contributed by atoms with Gasteiger partial charge in [0.25, 0.3) is 11.8 Å². The largest absolute Gasteiger partial charge is 0.497 e. The van der Waals surface area contributed by atoms with Gasteiger partial charge in [0.15, 0.2) is 0 Å². The summed E-state index contributed by atoms with van der Waals surface area (Å²) >= 11 is 6.25. The molecule has 0 aliphatic carbocycles. The molecule has 6 heteroatoms. The number of halogens is 1. The average molecular weight is 397 g/mol. The van der Waals surface area contributed by atoms with Crippen LogP contribution in [-0.4, -0.2) is 36.9 Å². The van der Waals surface area contributed by atoms with Crippen LogP contribution >= 0.6 is 11.6 Å². The number of amides is 2. The van der Waals surface area contributed by atoms with E-state index in [2.05, 4.69) is 0 Å². The van der Waals surface area contributed by atoms with Crippen molar-refractivity contribution in [3.63, 3.8) is 0 Å².